The predicted molar refractivity (Wildman–Crippen MR) is 335 cm³/mol. The van der Waals surface area contributed by atoms with E-state index in [1.54, 1.807) is 13.8 Å². The van der Waals surface area contributed by atoms with E-state index in [9.17, 15) is 58.3 Å². The van der Waals surface area contributed by atoms with Crippen LogP contribution in [-0.2, 0) is 68.7 Å². The maximum Gasteiger partial charge on any atom is 0.303 e. The maximum absolute atomic E-state index is 14.4. The van der Waals surface area contributed by atoms with Crippen LogP contribution in [0.2, 0.25) is 0 Å². The number of nitrogens with two attached hydrogens (primary N) is 5. The number of hydrogen-bond donors (Lipinski definition) is 10. The van der Waals surface area contributed by atoms with E-state index >= 15 is 0 Å². The zero-order chi connectivity index (χ0) is 68.7. The van der Waals surface area contributed by atoms with Gasteiger partial charge in [-0.05, 0) is 108 Å². The van der Waals surface area contributed by atoms with Crippen molar-refractivity contribution in [2.24, 2.45) is 89.0 Å². The zero-order valence-corrected chi connectivity index (χ0v) is 56.3. The predicted octanol–water partition coefficient (Wildman–Crippen LogP) is 3.22. The molecule has 511 valence electrons. The molecule has 6 amide bonds. The molecular weight excluding hydrogens is 1270 g/mol. The van der Waals surface area contributed by atoms with Crippen LogP contribution in [0.5, 0.6) is 0 Å². The largest absolute Gasteiger partial charge is 0.756 e. The number of aromatic nitrogens is 2. The summed E-state index contributed by atoms with van der Waals surface area (Å²) < 4.78 is 31.9. The molecule has 7 heterocycles. The number of fused-ring (bicyclic) bond motifs is 7. The second-order valence-electron chi connectivity index (χ2n) is 27.0. The molecule has 1 aromatic carbocycles. The normalized spacial score (nSPS) is 31.0. The van der Waals surface area contributed by atoms with Crippen LogP contribution in [-0.4, -0.2) is 133 Å². The number of imidazole rings is 1. The molecule has 8 bridgehead atoms. The molecule has 2 aromatic rings. The van der Waals surface area contributed by atoms with Crippen LogP contribution in [0.15, 0.2) is 67.8 Å². The number of benzene rings is 1. The van der Waals surface area contributed by atoms with Crippen LogP contribution >= 0.6 is 7.82 Å². The molecule has 1 radical (unpaired) electrons. The number of phosphoric acid groups is 1. The van der Waals surface area contributed by atoms with Gasteiger partial charge in [0.2, 0.25) is 35.4 Å². The van der Waals surface area contributed by atoms with Crippen molar-refractivity contribution in [3.63, 3.8) is 0 Å². The number of ether oxygens (including phenoxy) is 1. The van der Waals surface area contributed by atoms with E-state index in [0.717, 1.165) is 11.1 Å². The Morgan fingerprint density at radius 3 is 2.01 bits per heavy atom. The van der Waals surface area contributed by atoms with E-state index in [1.807, 2.05) is 73.6 Å². The summed E-state index contributed by atoms with van der Waals surface area (Å²) in [5, 5.41) is 44.9. The van der Waals surface area contributed by atoms with Crippen molar-refractivity contribution >= 4 is 77.4 Å². The number of hydrogen-bond acceptors (Lipinski definition) is 20. The molecular formula is C63H88CoN13O15P-2. The van der Waals surface area contributed by atoms with Crippen molar-refractivity contribution in [3.8, 4) is 0 Å². The molecule has 93 heavy (non-hydrogen) atoms. The van der Waals surface area contributed by atoms with Gasteiger partial charge in [0.1, 0.15) is 18.3 Å². The second kappa shape index (κ2) is 28.5. The number of nitrogens with one attached hydrogen (secondary N) is 2. The monoisotopic (exact) mass is 1360 g/mol. The third-order valence-electron chi connectivity index (χ3n) is 20.6. The first-order chi connectivity index (χ1) is 42.8. The molecule has 2 saturated heterocycles. The second-order valence-corrected chi connectivity index (χ2v) is 28.3. The molecule has 6 aliphatic rings. The molecule has 0 saturated carbocycles. The van der Waals surface area contributed by atoms with Gasteiger partial charge in [0.25, 0.3) is 7.82 Å². The number of aliphatic hydroxyl groups is 2. The van der Waals surface area contributed by atoms with E-state index in [-0.39, 0.29) is 94.0 Å². The number of aryl methyl sites for hydroxylation is 2. The Morgan fingerprint density at radius 2 is 1.43 bits per heavy atom. The molecule has 0 spiro atoms. The van der Waals surface area contributed by atoms with Crippen LogP contribution in [0.4, 0.5) is 0 Å². The molecule has 1 aromatic heterocycles. The average molecular weight is 1360 g/mol. The Hall–Kier alpha value is -7.00. The van der Waals surface area contributed by atoms with Gasteiger partial charge in [-0.15, -0.1) is 0 Å². The zero-order valence-electron chi connectivity index (χ0n) is 54.4. The molecule has 6 aliphatic heterocycles. The molecule has 1 unspecified atom stereocenters. The van der Waals surface area contributed by atoms with Gasteiger partial charge in [0.05, 0.1) is 47.3 Å². The minimum Gasteiger partial charge on any atom is -0.756 e. The summed E-state index contributed by atoms with van der Waals surface area (Å²) in [7, 11) is -5.32. The first kappa shape index (κ1) is 75.0. The van der Waals surface area contributed by atoms with Crippen molar-refractivity contribution in [3.05, 3.63) is 70.5 Å². The molecule has 15 N–H and O–H groups in total. The number of aliphatic imine (C=N–C) groups is 3. The summed E-state index contributed by atoms with van der Waals surface area (Å²) in [6.45, 7) is 23.7. The van der Waals surface area contributed by atoms with Gasteiger partial charge in [0, 0.05) is 142 Å². The van der Waals surface area contributed by atoms with Crippen molar-refractivity contribution in [2.45, 2.75) is 189 Å². The number of primary amides is 5. The van der Waals surface area contributed by atoms with Crippen LogP contribution in [0.25, 0.3) is 11.0 Å². The fourth-order valence-corrected chi connectivity index (χ4v) is 16.6. The summed E-state index contributed by atoms with van der Waals surface area (Å²) in [5.74, 6) is -7.96. The first-order valence-electron chi connectivity index (χ1n) is 30.7. The number of allylic oxidation sites excluding steroid dienone is 6. The first-order valence-corrected chi connectivity index (χ1v) is 32.2. The van der Waals surface area contributed by atoms with Crippen LogP contribution in [0, 0.1) is 71.0 Å². The molecule has 0 aliphatic carbocycles. The van der Waals surface area contributed by atoms with Gasteiger partial charge in [0.15, 0.2) is 6.23 Å². The van der Waals surface area contributed by atoms with Crippen molar-refractivity contribution in [2.75, 3.05) is 13.2 Å². The summed E-state index contributed by atoms with van der Waals surface area (Å²) in [5.41, 5.74) is 30.8. The van der Waals surface area contributed by atoms with E-state index in [1.165, 1.54) is 17.8 Å². The average Bonchev–Trinajstić information content (AvgIpc) is 1.53. The fraction of sp³-hybridized carbons (Fsp3) is 0.619. The van der Waals surface area contributed by atoms with Gasteiger partial charge < -0.3 is 89.7 Å². The Kier molecular flexibility index (Phi) is 23.0. The smallest absolute Gasteiger partial charge is 0.303 e. The third-order valence-corrected chi connectivity index (χ3v) is 21.7. The number of aliphatic hydroxyl groups excluding tert-OH is 2. The summed E-state index contributed by atoms with van der Waals surface area (Å²) in [6, 6.07) is 2.75. The van der Waals surface area contributed by atoms with E-state index in [0.29, 0.717) is 56.4 Å². The van der Waals surface area contributed by atoms with E-state index in [2.05, 4.69) is 15.6 Å². The van der Waals surface area contributed by atoms with Crippen molar-refractivity contribution in [1.29, 1.82) is 5.26 Å². The van der Waals surface area contributed by atoms with Gasteiger partial charge in [-0.1, -0.05) is 34.6 Å². The number of amides is 6. The molecule has 2 fully saturated rings. The van der Waals surface area contributed by atoms with Gasteiger partial charge >= 0.3 is 5.97 Å². The SMILES string of the molecule is CC1=C2N[C@H]([C@H](CC(N)=O)[C@@]2(C)CCC(=O)NC[C@@H](C)OP(=O)([O-])O[C@H]2[C@@H](O)[C@@H](n3cnc4cc(C)c(C)cc43)O[C@@H]2CO)[C@]2(C)N=C(C(C)=C3N=C(C=C4N=C1[C@@H](CCC(N)=O)C4(C)C)[C@@H](CCC(N)=O)[C@]3(C)CC(N)=O)[C@@H](CCC(=O)O)[C@]2(C)CC(N)=O.[C-]#N.[Co]. The van der Waals surface area contributed by atoms with Gasteiger partial charge in [-0.3, -0.25) is 53.1 Å². The topological polar surface area (TPSA) is 481 Å². The molecule has 30 heteroatoms. The van der Waals surface area contributed by atoms with Crippen LogP contribution in [0.1, 0.15) is 150 Å². The Morgan fingerprint density at radius 1 is 0.828 bits per heavy atom. The number of carbonyl (C=O) groups is 7. The Bertz CT molecular complexity index is 3600. The molecule has 28 nitrogen and oxygen atoms in total. The molecule has 8 rings (SSSR count). The fourth-order valence-electron chi connectivity index (χ4n) is 15.4. The Balaban J connectivity index is 0.00000453. The number of carbonyl (C=O) groups excluding carboxylic acids is 6. The van der Waals surface area contributed by atoms with Crippen molar-refractivity contribution < 1.29 is 88.9 Å². The molecule has 15 atom stereocenters. The third kappa shape index (κ3) is 14.6. The minimum atomic E-state index is -5.32. The number of nitrogens with zero attached hydrogens (tertiary/aromatic N) is 6. The number of phosphoric ester groups is 1. The number of rotatable bonds is 26. The van der Waals surface area contributed by atoms with Gasteiger partial charge in [-0.2, -0.15) is 0 Å². The minimum absolute atomic E-state index is 0. The van der Waals surface area contributed by atoms with Gasteiger partial charge in [-0.25, -0.2) is 4.98 Å². The summed E-state index contributed by atoms with van der Waals surface area (Å²) >= 11 is 0. The Labute approximate surface area is 550 Å². The summed E-state index contributed by atoms with van der Waals surface area (Å²) in [6.07, 6.45) is -5.15. The van der Waals surface area contributed by atoms with Crippen LogP contribution in [0.3, 0.4) is 0 Å². The van der Waals surface area contributed by atoms with Crippen LogP contribution < -0.4 is 44.2 Å². The van der Waals surface area contributed by atoms with E-state index in [4.69, 9.17) is 69.3 Å². The quantitative estimate of drug-likeness (QED) is 0.0477. The number of carboxylic acids is 1. The summed E-state index contributed by atoms with van der Waals surface area (Å²) in [4.78, 5) is 128. The number of carboxylic acid groups (broad SMARTS) is 1. The van der Waals surface area contributed by atoms with E-state index < -0.39 is 143 Å². The standard InChI is InChI=1S/C62H89N12O15P.CN.Co/c1-29-20-39-40(21-30(29)2)74(28-69-39)57-52(84)53(41(27-75)87-57)89-90(85,86)88-31(3)26-68-48(81)18-19-59(8)37(22-45(65)78)56-62(11)61(10,25-47(67)80)36(14-17-49(82)83)51(73-62)33(5)55-60(9,24-46(66)79)34(12-15-43(63)76)38(70-55)23-42-58(6,7)35(13-16-44(64)77)50(71-42)32(4)54(59)72-56;1-2;/h20-21,23,28,31,34-37,41,52-53,56-57,72,75,84H,12-19,22,24-27H2,1-11H3,(H2,63,76)(H2,64,77)(H2,65,78)(H2,66,79)(H2,67,80)(H,68,81)(H,82,83)(H,85,86);;/q;-1;/p-1/t31-,34-,35-,36-,37+,41-,52-,53-,56-,57+,59-,60+,61+,62+;;/m1../s1. The number of aliphatic carboxylic acids is 1. The van der Waals surface area contributed by atoms with Crippen molar-refractivity contribution in [1.82, 2.24) is 20.2 Å². The maximum atomic E-state index is 14.4.